The minimum absolute atomic E-state index is 0.338. The normalized spacial score (nSPS) is 23.6. The van der Waals surface area contributed by atoms with Gasteiger partial charge in [-0.2, -0.15) is 0 Å². The maximum atomic E-state index is 13.1. The van der Waals surface area contributed by atoms with Crippen molar-refractivity contribution in [3.8, 4) is 0 Å². The van der Waals surface area contributed by atoms with Gasteiger partial charge in [0.25, 0.3) is 0 Å². The highest BCUT2D eigenvalue weighted by atomic mass is 32.2. The first kappa shape index (κ1) is 23.7. The SMILES string of the molecule is CC(=O)N[C@H]1[C@H]([C@H](O)C(O)CO)OC(C(=O)O)=C[C@@H]1NS(=O)(=O)c1ccc(F)cc1. The van der Waals surface area contributed by atoms with Gasteiger partial charge in [-0.1, -0.05) is 0 Å². The minimum atomic E-state index is -4.32. The van der Waals surface area contributed by atoms with Gasteiger partial charge in [-0.3, -0.25) is 4.79 Å². The third-order valence-electron chi connectivity index (χ3n) is 4.25. The molecule has 0 bridgehead atoms. The van der Waals surface area contributed by atoms with Crippen molar-refractivity contribution in [1.29, 1.82) is 0 Å². The fourth-order valence-corrected chi connectivity index (χ4v) is 4.04. The fraction of sp³-hybridized carbons (Fsp3) is 0.412. The van der Waals surface area contributed by atoms with Gasteiger partial charge in [0, 0.05) is 6.92 Å². The van der Waals surface area contributed by atoms with E-state index in [-0.39, 0.29) is 4.90 Å². The zero-order valence-electron chi connectivity index (χ0n) is 15.6. The Labute approximate surface area is 170 Å². The Hall–Kier alpha value is -2.58. The van der Waals surface area contributed by atoms with E-state index in [1.54, 1.807) is 0 Å². The van der Waals surface area contributed by atoms with Crippen LogP contribution in [-0.4, -0.2) is 77.7 Å². The van der Waals surface area contributed by atoms with Crippen LogP contribution in [0.4, 0.5) is 4.39 Å². The molecule has 0 saturated carbocycles. The predicted octanol–water partition coefficient (Wildman–Crippen LogP) is -1.94. The van der Waals surface area contributed by atoms with Gasteiger partial charge in [-0.05, 0) is 30.3 Å². The summed E-state index contributed by atoms with van der Waals surface area (Å²) in [4.78, 5) is 22.7. The van der Waals surface area contributed by atoms with Crippen LogP contribution < -0.4 is 10.0 Å². The van der Waals surface area contributed by atoms with Crippen LogP contribution in [0.3, 0.4) is 0 Å². The summed E-state index contributed by atoms with van der Waals surface area (Å²) in [7, 11) is -4.32. The number of rotatable bonds is 8. The molecule has 0 aromatic heterocycles. The standard InChI is InChI=1S/C17H21FN2O9S/c1-8(22)19-14-11(20-30(27,28)10-4-2-9(18)3-5-10)6-13(17(25)26)29-16(14)15(24)12(23)7-21/h2-6,11-12,14-16,20-21,23-24H,7H2,1H3,(H,19,22)(H,25,26)/t11-,12?,14+,15+,16+/m0/s1. The number of hydrogen-bond donors (Lipinski definition) is 6. The molecule has 13 heteroatoms. The highest BCUT2D eigenvalue weighted by Gasteiger charge is 2.44. The molecule has 0 spiro atoms. The van der Waals surface area contributed by atoms with E-state index in [2.05, 4.69) is 10.0 Å². The molecule has 1 amide bonds. The van der Waals surface area contributed by atoms with Crippen LogP contribution in [0.2, 0.25) is 0 Å². The Morgan fingerprint density at radius 2 is 1.83 bits per heavy atom. The van der Waals surface area contributed by atoms with E-state index in [0.717, 1.165) is 37.3 Å². The van der Waals surface area contributed by atoms with Crippen LogP contribution in [0.25, 0.3) is 0 Å². The molecular formula is C17H21FN2O9S. The Bertz CT molecular complexity index is 920. The first-order valence-electron chi connectivity index (χ1n) is 8.60. The third kappa shape index (κ3) is 5.52. The molecule has 0 aliphatic carbocycles. The lowest BCUT2D eigenvalue weighted by molar-refractivity contribution is -0.146. The van der Waals surface area contributed by atoms with Gasteiger partial charge in [0.05, 0.1) is 23.6 Å². The lowest BCUT2D eigenvalue weighted by Gasteiger charge is -2.39. The largest absolute Gasteiger partial charge is 0.478 e. The molecule has 5 atom stereocenters. The van der Waals surface area contributed by atoms with Crippen LogP contribution >= 0.6 is 0 Å². The van der Waals surface area contributed by atoms with E-state index < -0.39 is 70.5 Å². The zero-order chi connectivity index (χ0) is 22.6. The van der Waals surface area contributed by atoms with Crippen molar-refractivity contribution < 1.29 is 47.6 Å². The van der Waals surface area contributed by atoms with Crippen LogP contribution in [0.5, 0.6) is 0 Å². The van der Waals surface area contributed by atoms with E-state index in [9.17, 15) is 37.7 Å². The molecule has 166 valence electrons. The molecular weight excluding hydrogens is 427 g/mol. The number of amides is 1. The number of aliphatic hydroxyl groups excluding tert-OH is 3. The van der Waals surface area contributed by atoms with E-state index >= 15 is 0 Å². The molecule has 1 aromatic rings. The van der Waals surface area contributed by atoms with Gasteiger partial charge in [-0.25, -0.2) is 22.3 Å². The number of ether oxygens (including phenoxy) is 1. The minimum Gasteiger partial charge on any atom is -0.478 e. The Kier molecular flexibility index (Phi) is 7.49. The fourth-order valence-electron chi connectivity index (χ4n) is 2.84. The number of aliphatic hydroxyl groups is 3. The van der Waals surface area contributed by atoms with E-state index in [1.165, 1.54) is 0 Å². The van der Waals surface area contributed by atoms with Gasteiger partial charge in [0.2, 0.25) is 21.7 Å². The van der Waals surface area contributed by atoms with Crippen LogP contribution in [0.1, 0.15) is 6.92 Å². The smallest absolute Gasteiger partial charge is 0.370 e. The molecule has 0 radical (unpaired) electrons. The van der Waals surface area contributed by atoms with Gasteiger partial charge in [0.15, 0.2) is 0 Å². The Morgan fingerprint density at radius 3 is 2.33 bits per heavy atom. The summed E-state index contributed by atoms with van der Waals surface area (Å²) in [6.45, 7) is 0.180. The van der Waals surface area contributed by atoms with Crippen molar-refractivity contribution in [2.45, 2.75) is 42.2 Å². The second kappa shape index (κ2) is 9.49. The quantitative estimate of drug-likeness (QED) is 0.263. The second-order valence-corrected chi connectivity index (χ2v) is 8.20. The number of carboxylic acid groups (broad SMARTS) is 1. The number of sulfonamides is 1. The number of hydrogen-bond acceptors (Lipinski definition) is 8. The number of halogens is 1. The molecule has 0 saturated heterocycles. The summed E-state index contributed by atoms with van der Waals surface area (Å²) in [5.41, 5.74) is 0. The number of carbonyl (C=O) groups excluding carboxylic acids is 1. The average molecular weight is 448 g/mol. The molecule has 0 fully saturated rings. The molecule has 30 heavy (non-hydrogen) atoms. The molecule has 1 aliphatic rings. The van der Waals surface area contributed by atoms with Crippen LogP contribution in [0, 0.1) is 5.82 Å². The van der Waals surface area contributed by atoms with Crippen LogP contribution in [0.15, 0.2) is 41.0 Å². The summed E-state index contributed by atoms with van der Waals surface area (Å²) in [6, 6.07) is 0.979. The van der Waals surface area contributed by atoms with Crippen molar-refractivity contribution in [3.05, 3.63) is 41.9 Å². The Balaban J connectivity index is 2.47. The van der Waals surface area contributed by atoms with Gasteiger partial charge in [-0.15, -0.1) is 0 Å². The Morgan fingerprint density at radius 1 is 1.23 bits per heavy atom. The number of aliphatic carboxylic acids is 1. The van der Waals surface area contributed by atoms with E-state index in [0.29, 0.717) is 0 Å². The first-order valence-corrected chi connectivity index (χ1v) is 10.1. The summed E-state index contributed by atoms with van der Waals surface area (Å²) >= 11 is 0. The van der Waals surface area contributed by atoms with Gasteiger partial charge in [0.1, 0.15) is 24.1 Å². The van der Waals surface area contributed by atoms with Crippen molar-refractivity contribution in [2.24, 2.45) is 0 Å². The molecule has 11 nitrogen and oxygen atoms in total. The highest BCUT2D eigenvalue weighted by Crippen LogP contribution is 2.24. The summed E-state index contributed by atoms with van der Waals surface area (Å²) < 4.78 is 45.8. The van der Waals surface area contributed by atoms with Gasteiger partial charge < -0.3 is 30.5 Å². The maximum Gasteiger partial charge on any atom is 0.370 e. The summed E-state index contributed by atoms with van der Waals surface area (Å²) in [5.74, 6) is -3.70. The predicted molar refractivity (Wildman–Crippen MR) is 97.8 cm³/mol. The monoisotopic (exact) mass is 448 g/mol. The average Bonchev–Trinajstić information content (AvgIpc) is 2.67. The lowest BCUT2D eigenvalue weighted by Crippen LogP contribution is -2.63. The molecule has 6 N–H and O–H groups in total. The van der Waals surface area contributed by atoms with E-state index in [4.69, 9.17) is 9.84 Å². The number of nitrogens with one attached hydrogen (secondary N) is 2. The first-order chi connectivity index (χ1) is 14.0. The maximum absolute atomic E-state index is 13.1. The molecule has 1 heterocycles. The second-order valence-electron chi connectivity index (χ2n) is 6.49. The molecule has 2 rings (SSSR count). The summed E-state index contributed by atoms with van der Waals surface area (Å²) in [6.07, 6.45) is -4.41. The third-order valence-corrected chi connectivity index (χ3v) is 5.72. The lowest BCUT2D eigenvalue weighted by atomic mass is 9.92. The number of carbonyl (C=O) groups is 2. The zero-order valence-corrected chi connectivity index (χ0v) is 16.4. The number of benzene rings is 1. The van der Waals surface area contributed by atoms with Crippen molar-refractivity contribution >= 4 is 21.9 Å². The van der Waals surface area contributed by atoms with Crippen molar-refractivity contribution in [3.63, 3.8) is 0 Å². The summed E-state index contributed by atoms with van der Waals surface area (Å²) in [5, 5.41) is 40.7. The number of carboxylic acids is 1. The van der Waals surface area contributed by atoms with E-state index in [1.807, 2.05) is 0 Å². The van der Waals surface area contributed by atoms with Crippen LogP contribution in [-0.2, 0) is 24.3 Å². The molecule has 1 aliphatic heterocycles. The molecule has 1 unspecified atom stereocenters. The van der Waals surface area contributed by atoms with Gasteiger partial charge >= 0.3 is 5.97 Å². The molecule has 1 aromatic carbocycles. The topological polar surface area (TPSA) is 182 Å². The van der Waals surface area contributed by atoms with Crippen molar-refractivity contribution in [2.75, 3.05) is 6.61 Å². The highest BCUT2D eigenvalue weighted by molar-refractivity contribution is 7.89. The van der Waals surface area contributed by atoms with Crippen molar-refractivity contribution in [1.82, 2.24) is 10.0 Å².